The van der Waals surface area contributed by atoms with Crippen LogP contribution in [0.15, 0.2) is 42.7 Å². The molecule has 8 nitrogen and oxygen atoms in total. The number of nitrogens with one attached hydrogen (secondary N) is 2. The third-order valence-corrected chi connectivity index (χ3v) is 6.99. The normalized spacial score (nSPS) is 23.3. The van der Waals surface area contributed by atoms with E-state index < -0.39 is 11.7 Å². The second kappa shape index (κ2) is 11.2. The topological polar surface area (TPSA) is 92.4 Å². The van der Waals surface area contributed by atoms with Crippen LogP contribution in [0.4, 0.5) is 13.2 Å². The number of carbonyl (C=O) groups is 1. The molecule has 2 N–H and O–H groups in total. The molecule has 2 saturated heterocycles. The van der Waals surface area contributed by atoms with Gasteiger partial charge in [0, 0.05) is 44.7 Å². The van der Waals surface area contributed by atoms with Crippen molar-refractivity contribution < 1.29 is 27.4 Å². The number of aromatic amines is 1. The van der Waals surface area contributed by atoms with Crippen LogP contribution in [0.5, 0.6) is 0 Å². The minimum Gasteiger partial charge on any atom is -0.381 e. The number of halogens is 3. The summed E-state index contributed by atoms with van der Waals surface area (Å²) in [5.74, 6) is -0.129. The molecule has 4 heterocycles. The second-order valence-corrected chi connectivity index (χ2v) is 9.59. The number of alkyl halides is 3. The molecule has 0 aliphatic carbocycles. The highest BCUT2D eigenvalue weighted by atomic mass is 19.4. The monoisotopic (exact) mass is 517 g/mol. The fourth-order valence-electron chi connectivity index (χ4n) is 5.15. The van der Waals surface area contributed by atoms with Crippen molar-refractivity contribution in [3.05, 3.63) is 59.7 Å². The Labute approximate surface area is 212 Å². The maximum atomic E-state index is 13.4. The van der Waals surface area contributed by atoms with E-state index >= 15 is 0 Å². The number of aromatic nitrogens is 3. The van der Waals surface area contributed by atoms with Gasteiger partial charge in [-0.1, -0.05) is 6.07 Å². The molecule has 2 aliphatic heterocycles. The second-order valence-electron chi connectivity index (χ2n) is 9.59. The van der Waals surface area contributed by atoms with E-state index in [2.05, 4.69) is 25.2 Å². The van der Waals surface area contributed by atoms with Crippen molar-refractivity contribution in [2.45, 2.75) is 56.7 Å². The van der Waals surface area contributed by atoms with Gasteiger partial charge in [0.1, 0.15) is 11.3 Å². The molecule has 5 rings (SSSR count). The van der Waals surface area contributed by atoms with E-state index in [0.717, 1.165) is 37.5 Å². The number of hydrogen-bond donors (Lipinski definition) is 2. The van der Waals surface area contributed by atoms with Gasteiger partial charge in [-0.25, -0.2) is 4.98 Å². The first-order chi connectivity index (χ1) is 17.9. The van der Waals surface area contributed by atoms with Gasteiger partial charge in [-0.05, 0) is 49.1 Å². The molecule has 3 unspecified atom stereocenters. The molecule has 3 aromatic rings. The van der Waals surface area contributed by atoms with E-state index in [1.54, 1.807) is 12.4 Å². The van der Waals surface area contributed by atoms with Crippen molar-refractivity contribution in [2.24, 2.45) is 0 Å². The van der Waals surface area contributed by atoms with Gasteiger partial charge in [0.15, 0.2) is 0 Å². The number of para-hydroxylation sites is 1. The van der Waals surface area contributed by atoms with Gasteiger partial charge in [0.2, 0.25) is 5.91 Å². The number of nitrogens with zero attached hydrogens (tertiary/aromatic N) is 3. The molecule has 198 valence electrons. The highest BCUT2D eigenvalue weighted by molar-refractivity contribution is 5.82. The first-order valence-electron chi connectivity index (χ1n) is 12.5. The molecular formula is C26H30F3N5O3. The molecule has 3 atom stereocenters. The number of fused-ring (bicyclic) bond motifs is 1. The van der Waals surface area contributed by atoms with Crippen LogP contribution in [-0.4, -0.2) is 70.2 Å². The maximum absolute atomic E-state index is 13.4. The Kier molecular flexibility index (Phi) is 7.73. The highest BCUT2D eigenvalue weighted by Gasteiger charge is 2.38. The fraction of sp³-hybridized carbons (Fsp3) is 0.500. The Hall–Kier alpha value is -3.02. The number of ether oxygens (including phenoxy) is 2. The molecule has 2 fully saturated rings. The molecule has 37 heavy (non-hydrogen) atoms. The largest absolute Gasteiger partial charge is 0.418 e. The van der Waals surface area contributed by atoms with Crippen LogP contribution in [0.2, 0.25) is 0 Å². The summed E-state index contributed by atoms with van der Waals surface area (Å²) in [7, 11) is 0. The number of rotatable bonds is 7. The van der Waals surface area contributed by atoms with Crippen molar-refractivity contribution in [3.8, 4) is 0 Å². The molecule has 0 radical (unpaired) electrons. The molecule has 2 aromatic heterocycles. The molecular weight excluding hydrogens is 487 g/mol. The summed E-state index contributed by atoms with van der Waals surface area (Å²) >= 11 is 0. The van der Waals surface area contributed by atoms with Gasteiger partial charge in [0.05, 0.1) is 36.3 Å². The Morgan fingerprint density at radius 2 is 2.00 bits per heavy atom. The number of pyridine rings is 1. The molecule has 0 bridgehead atoms. The molecule has 11 heteroatoms. The molecule has 1 amide bonds. The number of hydrogen-bond acceptors (Lipinski definition) is 6. The summed E-state index contributed by atoms with van der Waals surface area (Å²) in [6, 6.07) is 7.71. The highest BCUT2D eigenvalue weighted by Crippen LogP contribution is 2.33. The average Bonchev–Trinajstić information content (AvgIpc) is 3.35. The van der Waals surface area contributed by atoms with E-state index in [4.69, 9.17) is 9.47 Å². The average molecular weight is 518 g/mol. The Morgan fingerprint density at radius 3 is 2.81 bits per heavy atom. The van der Waals surface area contributed by atoms with E-state index in [1.165, 1.54) is 12.1 Å². The van der Waals surface area contributed by atoms with Gasteiger partial charge in [-0.2, -0.15) is 13.2 Å². The first kappa shape index (κ1) is 25.6. The maximum Gasteiger partial charge on any atom is 0.418 e. The fourth-order valence-corrected chi connectivity index (χ4v) is 5.15. The number of benzene rings is 1. The summed E-state index contributed by atoms with van der Waals surface area (Å²) < 4.78 is 51.9. The van der Waals surface area contributed by atoms with Gasteiger partial charge in [0.25, 0.3) is 0 Å². The SMILES string of the molecule is O=C(Cc1nc2c(C(F)(F)F)cccc2[nH]1)NC1CN(C2CCCOCC2)CC1OCc1ccncc1. The Balaban J connectivity index is 1.27. The van der Waals surface area contributed by atoms with Crippen molar-refractivity contribution in [3.63, 3.8) is 0 Å². The van der Waals surface area contributed by atoms with E-state index in [1.807, 2.05) is 12.1 Å². The van der Waals surface area contributed by atoms with Crippen molar-refractivity contribution in [1.29, 1.82) is 0 Å². The number of likely N-dealkylation sites (tertiary alicyclic amines) is 1. The predicted molar refractivity (Wildman–Crippen MR) is 130 cm³/mol. The zero-order valence-corrected chi connectivity index (χ0v) is 20.3. The lowest BCUT2D eigenvalue weighted by molar-refractivity contribution is -0.136. The standard InChI is InChI=1S/C26H30F3N5O3/c27-26(28,29)19-4-1-5-20-25(19)33-23(31-20)13-24(35)32-21-14-34(18-3-2-11-36-12-8-18)15-22(21)37-16-17-6-9-30-10-7-17/h1,4-7,9-10,18,21-22H,2-3,8,11-16H2,(H,31,33)(H,32,35). The summed E-state index contributed by atoms with van der Waals surface area (Å²) in [6.07, 6.45) is 1.46. The minimum absolute atomic E-state index is 0.156. The summed E-state index contributed by atoms with van der Waals surface area (Å²) in [6.45, 7) is 3.19. The van der Waals surface area contributed by atoms with Crippen LogP contribution in [0.3, 0.4) is 0 Å². The van der Waals surface area contributed by atoms with Crippen LogP contribution in [-0.2, 0) is 33.5 Å². The number of amides is 1. The third-order valence-electron chi connectivity index (χ3n) is 6.99. The zero-order valence-electron chi connectivity index (χ0n) is 20.3. The number of H-pyrrole nitrogens is 1. The van der Waals surface area contributed by atoms with Crippen LogP contribution in [0, 0.1) is 0 Å². The molecule has 0 saturated carbocycles. The van der Waals surface area contributed by atoms with E-state index in [9.17, 15) is 18.0 Å². The van der Waals surface area contributed by atoms with Crippen LogP contribution < -0.4 is 5.32 Å². The van der Waals surface area contributed by atoms with Gasteiger partial charge in [-0.3, -0.25) is 14.7 Å². The van der Waals surface area contributed by atoms with E-state index in [0.29, 0.717) is 32.3 Å². The van der Waals surface area contributed by atoms with Crippen LogP contribution in [0.25, 0.3) is 11.0 Å². The lowest BCUT2D eigenvalue weighted by Crippen LogP contribution is -2.45. The van der Waals surface area contributed by atoms with Crippen LogP contribution in [0.1, 0.15) is 36.2 Å². The van der Waals surface area contributed by atoms with Crippen molar-refractivity contribution >= 4 is 16.9 Å². The molecule has 0 spiro atoms. The van der Waals surface area contributed by atoms with Crippen LogP contribution >= 0.6 is 0 Å². The third kappa shape index (κ3) is 6.28. The van der Waals surface area contributed by atoms with Gasteiger partial charge >= 0.3 is 6.18 Å². The van der Waals surface area contributed by atoms with E-state index in [-0.39, 0.29) is 41.3 Å². The summed E-state index contributed by atoms with van der Waals surface area (Å²) in [5, 5.41) is 3.06. The Bertz CT molecular complexity index is 1200. The molecule has 2 aliphatic rings. The molecule has 1 aromatic carbocycles. The zero-order chi connectivity index (χ0) is 25.8. The quantitative estimate of drug-likeness (QED) is 0.499. The summed E-state index contributed by atoms with van der Waals surface area (Å²) in [4.78, 5) is 26.3. The lowest BCUT2D eigenvalue weighted by atomic mass is 10.1. The summed E-state index contributed by atoms with van der Waals surface area (Å²) in [5.41, 5.74) is 0.234. The predicted octanol–water partition coefficient (Wildman–Crippen LogP) is 3.47. The minimum atomic E-state index is -4.52. The van der Waals surface area contributed by atoms with Gasteiger partial charge < -0.3 is 19.8 Å². The van der Waals surface area contributed by atoms with Crippen molar-refractivity contribution in [2.75, 3.05) is 26.3 Å². The Morgan fingerprint density at radius 1 is 1.16 bits per heavy atom. The van der Waals surface area contributed by atoms with Crippen molar-refractivity contribution in [1.82, 2.24) is 25.2 Å². The first-order valence-corrected chi connectivity index (χ1v) is 12.5. The lowest BCUT2D eigenvalue weighted by Gasteiger charge is -2.26. The smallest absolute Gasteiger partial charge is 0.381 e. The number of carbonyl (C=O) groups excluding carboxylic acids is 1. The van der Waals surface area contributed by atoms with Gasteiger partial charge in [-0.15, -0.1) is 0 Å². The number of imidazole rings is 1.